The number of fused-ring (bicyclic) bond motifs is 3. The first-order chi connectivity index (χ1) is 20.0. The van der Waals surface area contributed by atoms with Crippen LogP contribution < -0.4 is 0 Å². The van der Waals surface area contributed by atoms with Crippen molar-refractivity contribution in [3.05, 3.63) is 127 Å². The number of hydrogen-bond acceptors (Lipinski definition) is 4. The van der Waals surface area contributed by atoms with E-state index in [0.717, 1.165) is 61.4 Å². The predicted octanol–water partition coefficient (Wildman–Crippen LogP) is 8.66. The Hall–Kier alpha value is -5.16. The van der Waals surface area contributed by atoms with Gasteiger partial charge in [0.15, 0.2) is 0 Å². The van der Waals surface area contributed by atoms with E-state index in [1.807, 2.05) is 30.6 Å². The molecule has 0 N–H and O–H groups in total. The molecule has 7 rings (SSSR count). The maximum absolute atomic E-state index is 5.06. The van der Waals surface area contributed by atoms with E-state index >= 15 is 0 Å². The minimum Gasteiger partial charge on any atom is -0.292 e. The molecule has 0 aliphatic carbocycles. The van der Waals surface area contributed by atoms with E-state index in [9.17, 15) is 0 Å². The molecule has 5 heteroatoms. The van der Waals surface area contributed by atoms with E-state index in [1.165, 1.54) is 5.56 Å². The zero-order chi connectivity index (χ0) is 28.0. The van der Waals surface area contributed by atoms with Crippen LogP contribution in [0, 0.1) is 0 Å². The van der Waals surface area contributed by atoms with E-state index in [1.54, 1.807) is 12.4 Å². The highest BCUT2D eigenvalue weighted by Gasteiger charge is 2.16. The number of nitrogens with zero attached hydrogens (tertiary/aromatic N) is 5. The number of pyridine rings is 4. The third-order valence-electron chi connectivity index (χ3n) is 7.59. The summed E-state index contributed by atoms with van der Waals surface area (Å²) in [4.78, 5) is 18.9. The quantitative estimate of drug-likeness (QED) is 0.228. The summed E-state index contributed by atoms with van der Waals surface area (Å²) < 4.78 is 2.18. The van der Waals surface area contributed by atoms with E-state index < -0.39 is 0 Å². The van der Waals surface area contributed by atoms with Crippen molar-refractivity contribution >= 4 is 21.9 Å². The van der Waals surface area contributed by atoms with Crippen LogP contribution in [0.4, 0.5) is 0 Å². The molecule has 0 saturated heterocycles. The molecule has 5 nitrogen and oxygen atoms in total. The molecule has 0 amide bonds. The number of para-hydroxylation sites is 1. The summed E-state index contributed by atoms with van der Waals surface area (Å²) in [6, 6.07) is 33.6. The fourth-order valence-corrected chi connectivity index (χ4v) is 5.38. The molecule has 7 aromatic rings. The van der Waals surface area contributed by atoms with Crippen molar-refractivity contribution < 1.29 is 0 Å². The summed E-state index contributed by atoms with van der Waals surface area (Å²) in [6.45, 7) is 6.69. The Morgan fingerprint density at radius 1 is 0.585 bits per heavy atom. The van der Waals surface area contributed by atoms with E-state index in [-0.39, 0.29) is 5.41 Å². The lowest BCUT2D eigenvalue weighted by Gasteiger charge is -2.19. The van der Waals surface area contributed by atoms with Crippen molar-refractivity contribution in [2.45, 2.75) is 26.2 Å². The second kappa shape index (κ2) is 9.79. The zero-order valence-electron chi connectivity index (χ0n) is 23.3. The van der Waals surface area contributed by atoms with Crippen LogP contribution in [-0.4, -0.2) is 24.5 Å². The Bertz CT molecular complexity index is 1950. The minimum atomic E-state index is 0.0931. The van der Waals surface area contributed by atoms with E-state index in [0.29, 0.717) is 0 Å². The van der Waals surface area contributed by atoms with Gasteiger partial charge < -0.3 is 0 Å². The van der Waals surface area contributed by atoms with Crippen LogP contribution >= 0.6 is 0 Å². The third kappa shape index (κ3) is 4.55. The van der Waals surface area contributed by atoms with Crippen molar-refractivity contribution in [1.29, 1.82) is 0 Å². The highest BCUT2D eigenvalue weighted by atomic mass is 15.1. The van der Waals surface area contributed by atoms with Gasteiger partial charge in [0.2, 0.25) is 0 Å². The van der Waals surface area contributed by atoms with Gasteiger partial charge in [0.25, 0.3) is 0 Å². The van der Waals surface area contributed by atoms with Gasteiger partial charge in [-0.15, -0.1) is 0 Å². The third-order valence-corrected chi connectivity index (χ3v) is 7.59. The monoisotopic (exact) mass is 531 g/mol. The molecule has 0 aliphatic rings. The van der Waals surface area contributed by atoms with Gasteiger partial charge in [0.05, 0.1) is 27.9 Å². The Labute approximate surface area is 239 Å². The fourth-order valence-electron chi connectivity index (χ4n) is 5.38. The molecule has 0 atom stereocenters. The topological polar surface area (TPSA) is 56.5 Å². The van der Waals surface area contributed by atoms with E-state index in [4.69, 9.17) is 9.97 Å². The summed E-state index contributed by atoms with van der Waals surface area (Å²) in [6.07, 6.45) is 7.40. The van der Waals surface area contributed by atoms with Gasteiger partial charge in [-0.1, -0.05) is 63.2 Å². The van der Waals surface area contributed by atoms with E-state index in [2.05, 4.69) is 114 Å². The van der Waals surface area contributed by atoms with Gasteiger partial charge in [-0.3, -0.25) is 14.5 Å². The molecule has 0 radical (unpaired) electrons. The van der Waals surface area contributed by atoms with Crippen molar-refractivity contribution in [2.24, 2.45) is 0 Å². The Morgan fingerprint density at radius 2 is 1.27 bits per heavy atom. The summed E-state index contributed by atoms with van der Waals surface area (Å²) in [5, 5.41) is 1.12. The second-order valence-electron chi connectivity index (χ2n) is 11.3. The van der Waals surface area contributed by atoms with Crippen molar-refractivity contribution in [2.75, 3.05) is 0 Å². The molecule has 0 saturated carbocycles. The maximum Gasteiger partial charge on any atom is 0.137 e. The number of aromatic nitrogens is 5. The van der Waals surface area contributed by atoms with Gasteiger partial charge in [-0.05, 0) is 71.1 Å². The molecule has 0 aliphatic heterocycles. The summed E-state index contributed by atoms with van der Waals surface area (Å²) >= 11 is 0. The van der Waals surface area contributed by atoms with Crippen molar-refractivity contribution in [3.63, 3.8) is 0 Å². The lowest BCUT2D eigenvalue weighted by atomic mass is 9.86. The molecule has 2 aromatic carbocycles. The van der Waals surface area contributed by atoms with Gasteiger partial charge in [-0.2, -0.15) is 0 Å². The SMILES string of the molecule is CC(C)(C)c1ccc(-c2cc(-c3ccc(-n4c5ccccc5c5ncccc54)nc3)cc(-c3ccncc3)n2)cc1. The number of benzene rings is 2. The first-order valence-corrected chi connectivity index (χ1v) is 13.8. The molecule has 0 fully saturated rings. The summed E-state index contributed by atoms with van der Waals surface area (Å²) in [5.74, 6) is 0.856. The Balaban J connectivity index is 1.34. The zero-order valence-corrected chi connectivity index (χ0v) is 23.3. The number of rotatable bonds is 4. The van der Waals surface area contributed by atoms with Crippen LogP contribution in [0.3, 0.4) is 0 Å². The van der Waals surface area contributed by atoms with Crippen molar-refractivity contribution in [3.8, 4) is 39.5 Å². The van der Waals surface area contributed by atoms with Crippen molar-refractivity contribution in [1.82, 2.24) is 24.5 Å². The van der Waals surface area contributed by atoms with Crippen LogP contribution in [0.15, 0.2) is 122 Å². The highest BCUT2D eigenvalue weighted by Crippen LogP contribution is 2.33. The molecule has 0 spiro atoms. The fraction of sp³-hybridized carbons (Fsp3) is 0.111. The smallest absolute Gasteiger partial charge is 0.137 e. The molecular weight excluding hydrogens is 502 g/mol. The standard InChI is InChI=1S/C36H29N5/c1-36(2,3)28-13-10-24(11-14-28)30-21-27(22-31(40-30)25-16-19-37-20-17-25)26-12-15-34(39-23-26)41-32-8-5-4-7-29(32)35-33(41)9-6-18-38-35/h4-23H,1-3H3. The molecule has 5 heterocycles. The second-order valence-corrected chi connectivity index (χ2v) is 11.3. The van der Waals surface area contributed by atoms with Gasteiger partial charge in [0, 0.05) is 46.9 Å². The number of hydrogen-bond donors (Lipinski definition) is 0. The molecule has 198 valence electrons. The highest BCUT2D eigenvalue weighted by molar-refractivity contribution is 6.06. The molecular formula is C36H29N5. The summed E-state index contributed by atoms with van der Waals surface area (Å²) in [5.41, 5.74) is 10.5. The minimum absolute atomic E-state index is 0.0931. The maximum atomic E-state index is 5.06. The average Bonchev–Trinajstić information content (AvgIpc) is 3.35. The predicted molar refractivity (Wildman–Crippen MR) is 167 cm³/mol. The first-order valence-electron chi connectivity index (χ1n) is 13.8. The van der Waals surface area contributed by atoms with Gasteiger partial charge in [-0.25, -0.2) is 9.97 Å². The van der Waals surface area contributed by atoms with Crippen LogP contribution in [0.1, 0.15) is 26.3 Å². The van der Waals surface area contributed by atoms with Gasteiger partial charge in [0.1, 0.15) is 5.82 Å². The molecule has 0 bridgehead atoms. The summed E-state index contributed by atoms with van der Waals surface area (Å²) in [7, 11) is 0. The lowest BCUT2D eigenvalue weighted by Crippen LogP contribution is -2.10. The van der Waals surface area contributed by atoms with Crippen LogP contribution in [0.25, 0.3) is 61.4 Å². The van der Waals surface area contributed by atoms with Crippen LogP contribution in [0.2, 0.25) is 0 Å². The largest absolute Gasteiger partial charge is 0.292 e. The Morgan fingerprint density at radius 3 is 1.98 bits per heavy atom. The average molecular weight is 532 g/mol. The molecule has 0 unspecified atom stereocenters. The van der Waals surface area contributed by atoms with Crippen LogP contribution in [0.5, 0.6) is 0 Å². The Kier molecular flexibility index (Phi) is 5.93. The van der Waals surface area contributed by atoms with Crippen LogP contribution in [-0.2, 0) is 5.41 Å². The normalized spacial score (nSPS) is 11.8. The molecule has 41 heavy (non-hydrogen) atoms. The van der Waals surface area contributed by atoms with Gasteiger partial charge >= 0.3 is 0 Å². The first kappa shape index (κ1) is 24.9. The lowest BCUT2D eigenvalue weighted by molar-refractivity contribution is 0.590. The molecule has 5 aromatic heterocycles.